The lowest BCUT2D eigenvalue weighted by molar-refractivity contribution is 0.102. The van der Waals surface area contributed by atoms with E-state index in [2.05, 4.69) is 15.2 Å². The molecule has 162 valence electrons. The molecule has 0 bridgehead atoms. The van der Waals surface area contributed by atoms with Gasteiger partial charge in [0, 0.05) is 41.9 Å². The molecule has 1 aliphatic rings. The third-order valence-corrected chi connectivity index (χ3v) is 5.58. The van der Waals surface area contributed by atoms with Gasteiger partial charge >= 0.3 is 0 Å². The number of H-pyrrole nitrogens is 1. The number of nitrogens with one attached hydrogen (secondary N) is 2. The molecule has 3 aromatic rings. The highest BCUT2D eigenvalue weighted by Crippen LogP contribution is 2.31. The molecule has 0 unspecified atom stereocenters. The van der Waals surface area contributed by atoms with Crippen molar-refractivity contribution in [2.45, 2.75) is 34.0 Å². The molecule has 0 fully saturated rings. The van der Waals surface area contributed by atoms with Crippen LogP contribution in [-0.2, 0) is 18.0 Å². The highest BCUT2D eigenvalue weighted by atomic mass is 16.5. The van der Waals surface area contributed by atoms with Crippen molar-refractivity contribution in [2.75, 3.05) is 30.4 Å². The van der Waals surface area contributed by atoms with Gasteiger partial charge < -0.3 is 24.7 Å². The Morgan fingerprint density at radius 1 is 1.23 bits per heavy atom. The van der Waals surface area contributed by atoms with E-state index in [4.69, 9.17) is 14.5 Å². The second-order valence-electron chi connectivity index (χ2n) is 7.50. The first-order chi connectivity index (χ1) is 14.9. The Labute approximate surface area is 180 Å². The molecule has 0 atom stereocenters. The number of amides is 1. The smallest absolute Gasteiger partial charge is 0.259 e. The van der Waals surface area contributed by atoms with Crippen LogP contribution in [0.15, 0.2) is 29.1 Å². The number of hydrogen-bond acceptors (Lipinski definition) is 6. The molecule has 1 amide bonds. The van der Waals surface area contributed by atoms with Crippen molar-refractivity contribution < 1.29 is 14.3 Å². The number of fused-ring (bicyclic) bond motifs is 2. The molecular weight excluding hydrogens is 396 g/mol. The number of benzene rings is 1. The summed E-state index contributed by atoms with van der Waals surface area (Å²) in [4.78, 5) is 34.8. The summed E-state index contributed by atoms with van der Waals surface area (Å²) in [6, 6.07) is 6.94. The van der Waals surface area contributed by atoms with Crippen molar-refractivity contribution in [2.24, 2.45) is 0 Å². The first-order valence-corrected chi connectivity index (χ1v) is 10.3. The van der Waals surface area contributed by atoms with Gasteiger partial charge in [-0.2, -0.15) is 0 Å². The number of aromatic amines is 1. The summed E-state index contributed by atoms with van der Waals surface area (Å²) < 4.78 is 11.0. The first-order valence-electron chi connectivity index (χ1n) is 10.3. The summed E-state index contributed by atoms with van der Waals surface area (Å²) in [5.74, 6) is 0.880. The normalized spacial score (nSPS) is 12.6. The van der Waals surface area contributed by atoms with Crippen LogP contribution >= 0.6 is 0 Å². The van der Waals surface area contributed by atoms with Gasteiger partial charge in [0.05, 0.1) is 37.1 Å². The molecule has 0 saturated heterocycles. The average molecular weight is 422 g/mol. The fourth-order valence-electron chi connectivity index (χ4n) is 3.94. The Balaban J connectivity index is 1.76. The number of carbonyl (C=O) groups excluding carboxylic acids is 1. The van der Waals surface area contributed by atoms with E-state index in [0.717, 1.165) is 35.3 Å². The van der Waals surface area contributed by atoms with E-state index in [1.165, 1.54) is 13.2 Å². The topological polar surface area (TPSA) is 96.5 Å². The molecule has 3 heterocycles. The number of aromatic nitrogens is 2. The Bertz CT molecular complexity index is 1210. The molecule has 2 aromatic heterocycles. The molecular formula is C23H26N4O4. The number of rotatable bonds is 6. The SMILES string of the molecule is CCN(CC)c1nc2c(cc1C(=O)Nc1cc(OC)c3[nH]c(=O)cc(C)c3c1)COC2. The van der Waals surface area contributed by atoms with Gasteiger partial charge in [0.25, 0.3) is 5.91 Å². The molecule has 4 rings (SSSR count). The number of pyridine rings is 2. The lowest BCUT2D eigenvalue weighted by Gasteiger charge is -2.23. The molecule has 0 aliphatic carbocycles. The van der Waals surface area contributed by atoms with Crippen molar-refractivity contribution in [3.8, 4) is 5.75 Å². The molecule has 1 aliphatic heterocycles. The average Bonchev–Trinajstić information content (AvgIpc) is 3.21. The minimum atomic E-state index is -0.257. The van der Waals surface area contributed by atoms with Gasteiger partial charge in [-0.25, -0.2) is 4.98 Å². The Morgan fingerprint density at radius 2 is 2.00 bits per heavy atom. The van der Waals surface area contributed by atoms with E-state index in [1.54, 1.807) is 6.07 Å². The molecule has 0 spiro atoms. The summed E-state index contributed by atoms with van der Waals surface area (Å²) >= 11 is 0. The maximum absolute atomic E-state index is 13.3. The predicted octanol–water partition coefficient (Wildman–Crippen LogP) is 3.37. The van der Waals surface area contributed by atoms with Gasteiger partial charge in [0.1, 0.15) is 11.6 Å². The Kier molecular flexibility index (Phi) is 5.65. The van der Waals surface area contributed by atoms with Crippen LogP contribution in [0.1, 0.15) is 41.0 Å². The number of ether oxygens (including phenoxy) is 2. The van der Waals surface area contributed by atoms with Crippen LogP contribution in [0.3, 0.4) is 0 Å². The largest absolute Gasteiger partial charge is 0.494 e. The minimum absolute atomic E-state index is 0.199. The van der Waals surface area contributed by atoms with Gasteiger partial charge in [-0.15, -0.1) is 0 Å². The van der Waals surface area contributed by atoms with E-state index in [-0.39, 0.29) is 11.5 Å². The quantitative estimate of drug-likeness (QED) is 0.632. The number of hydrogen-bond donors (Lipinski definition) is 2. The number of anilines is 2. The van der Waals surface area contributed by atoms with Crippen LogP contribution in [-0.4, -0.2) is 36.1 Å². The third-order valence-electron chi connectivity index (χ3n) is 5.58. The number of nitrogens with zero attached hydrogens (tertiary/aromatic N) is 2. The zero-order chi connectivity index (χ0) is 22.1. The molecule has 2 N–H and O–H groups in total. The zero-order valence-corrected chi connectivity index (χ0v) is 18.2. The monoisotopic (exact) mass is 422 g/mol. The summed E-state index contributed by atoms with van der Waals surface area (Å²) in [5, 5.41) is 3.79. The van der Waals surface area contributed by atoms with Crippen LogP contribution < -0.4 is 20.5 Å². The predicted molar refractivity (Wildman–Crippen MR) is 120 cm³/mol. The molecule has 0 saturated carbocycles. The highest BCUT2D eigenvalue weighted by Gasteiger charge is 2.23. The number of carbonyl (C=O) groups is 1. The summed E-state index contributed by atoms with van der Waals surface area (Å²) in [5.41, 5.74) is 4.10. The molecule has 8 heteroatoms. The van der Waals surface area contributed by atoms with Crippen LogP contribution in [0.25, 0.3) is 10.9 Å². The maximum atomic E-state index is 13.3. The van der Waals surface area contributed by atoms with Gasteiger partial charge in [0.15, 0.2) is 0 Å². The van der Waals surface area contributed by atoms with Gasteiger partial charge in [0.2, 0.25) is 5.56 Å². The second-order valence-corrected chi connectivity index (χ2v) is 7.50. The second kappa shape index (κ2) is 8.39. The van der Waals surface area contributed by atoms with Gasteiger partial charge in [-0.3, -0.25) is 9.59 Å². The van der Waals surface area contributed by atoms with Crippen LogP contribution in [0, 0.1) is 6.92 Å². The van der Waals surface area contributed by atoms with E-state index >= 15 is 0 Å². The standard InChI is InChI=1S/C23H26N4O4/c1-5-27(6-2)22-17(8-14-11-31-12-18(14)25-22)23(29)24-15-9-16-13(3)7-20(28)26-21(16)19(10-15)30-4/h7-10H,5-6,11-12H2,1-4H3,(H,24,29)(H,26,28). The van der Waals surface area contributed by atoms with Crippen LogP contribution in [0.4, 0.5) is 11.5 Å². The lowest BCUT2D eigenvalue weighted by Crippen LogP contribution is -2.27. The fraction of sp³-hybridized carbons (Fsp3) is 0.348. The third kappa shape index (κ3) is 3.86. The molecule has 0 radical (unpaired) electrons. The van der Waals surface area contributed by atoms with Gasteiger partial charge in [-0.05, 0) is 38.5 Å². The zero-order valence-electron chi connectivity index (χ0n) is 18.2. The van der Waals surface area contributed by atoms with Crippen LogP contribution in [0.5, 0.6) is 5.75 Å². The molecule has 8 nitrogen and oxygen atoms in total. The van der Waals surface area contributed by atoms with E-state index in [9.17, 15) is 9.59 Å². The van der Waals surface area contributed by atoms with Crippen molar-refractivity contribution in [1.29, 1.82) is 0 Å². The summed E-state index contributed by atoms with van der Waals surface area (Å²) in [6.07, 6.45) is 0. The number of aryl methyl sites for hydroxylation is 1. The summed E-state index contributed by atoms with van der Waals surface area (Å²) in [7, 11) is 1.53. The van der Waals surface area contributed by atoms with Crippen molar-refractivity contribution >= 4 is 28.3 Å². The molecule has 31 heavy (non-hydrogen) atoms. The van der Waals surface area contributed by atoms with Crippen molar-refractivity contribution in [3.05, 3.63) is 57.0 Å². The van der Waals surface area contributed by atoms with E-state index < -0.39 is 0 Å². The highest BCUT2D eigenvalue weighted by molar-refractivity contribution is 6.09. The lowest BCUT2D eigenvalue weighted by atomic mass is 10.1. The summed E-state index contributed by atoms with van der Waals surface area (Å²) in [6.45, 7) is 8.32. The van der Waals surface area contributed by atoms with E-state index in [1.807, 2.05) is 32.9 Å². The Morgan fingerprint density at radius 3 is 2.71 bits per heavy atom. The number of methoxy groups -OCH3 is 1. The van der Waals surface area contributed by atoms with Crippen molar-refractivity contribution in [1.82, 2.24) is 9.97 Å². The first kappa shape index (κ1) is 20.9. The Hall–Kier alpha value is -3.39. The maximum Gasteiger partial charge on any atom is 0.259 e. The molecule has 1 aromatic carbocycles. The fourth-order valence-corrected chi connectivity index (χ4v) is 3.94. The van der Waals surface area contributed by atoms with Crippen molar-refractivity contribution in [3.63, 3.8) is 0 Å². The van der Waals surface area contributed by atoms with Gasteiger partial charge in [-0.1, -0.05) is 0 Å². The minimum Gasteiger partial charge on any atom is -0.494 e. The van der Waals surface area contributed by atoms with Crippen LogP contribution in [0.2, 0.25) is 0 Å². The van der Waals surface area contributed by atoms with E-state index in [0.29, 0.717) is 41.5 Å².